The third-order valence-corrected chi connectivity index (χ3v) is 9.92. The van der Waals surface area contributed by atoms with Gasteiger partial charge < -0.3 is 9.80 Å². The first-order chi connectivity index (χ1) is 22.7. The highest BCUT2D eigenvalue weighted by Crippen LogP contribution is 2.42. The van der Waals surface area contributed by atoms with Gasteiger partial charge in [-0.25, -0.2) is 27.8 Å². The fourth-order valence-corrected chi connectivity index (χ4v) is 7.40. The summed E-state index contributed by atoms with van der Waals surface area (Å²) in [6.45, 7) is 8.67. The first-order valence-corrected chi connectivity index (χ1v) is 16.3. The quantitative estimate of drug-likeness (QED) is 0.260. The lowest BCUT2D eigenvalue weighted by atomic mass is 10.1. The van der Waals surface area contributed by atoms with Gasteiger partial charge in [-0.3, -0.25) is 9.78 Å². The second-order valence-corrected chi connectivity index (χ2v) is 13.3. The molecule has 8 rings (SSSR count). The number of halogens is 2. The molecule has 5 aromatic rings. The predicted molar refractivity (Wildman–Crippen MR) is 173 cm³/mol. The maximum absolute atomic E-state index is 16.2. The number of aromatic nitrogens is 7. The topological polar surface area (TPSA) is 115 Å². The number of pyridine rings is 2. The minimum absolute atomic E-state index is 0.0303. The number of hydrogen-bond acceptors (Lipinski definition) is 9. The Hall–Kier alpha value is -4.98. The highest BCUT2D eigenvalue weighted by atomic mass is 32.2. The van der Waals surface area contributed by atoms with Gasteiger partial charge in [0, 0.05) is 41.7 Å². The van der Waals surface area contributed by atoms with Crippen LogP contribution in [0.3, 0.4) is 0 Å². The molecular formula is C33H29F2N9O2S. The molecule has 4 aromatic heterocycles. The Morgan fingerprint density at radius 2 is 1.96 bits per heavy atom. The molecule has 14 heteroatoms. The van der Waals surface area contributed by atoms with E-state index in [1.807, 2.05) is 31.0 Å². The second kappa shape index (κ2) is 11.1. The van der Waals surface area contributed by atoms with Crippen LogP contribution >= 0.6 is 11.8 Å². The molecule has 8 bridgehead atoms. The largest absolute Gasteiger partial charge is 0.355 e. The lowest BCUT2D eigenvalue weighted by Gasteiger charge is -2.35. The number of rotatable bonds is 3. The van der Waals surface area contributed by atoms with Crippen LogP contribution in [0.25, 0.3) is 28.0 Å². The molecule has 0 radical (unpaired) electrons. The van der Waals surface area contributed by atoms with Crippen LogP contribution in [-0.4, -0.2) is 70.5 Å². The molecule has 11 nitrogen and oxygen atoms in total. The highest BCUT2D eigenvalue weighted by Gasteiger charge is 2.51. The number of carbonyl (C=O) groups excluding carboxylic acids is 1. The van der Waals surface area contributed by atoms with Crippen LogP contribution in [0.5, 0.6) is 0 Å². The molecule has 47 heavy (non-hydrogen) atoms. The van der Waals surface area contributed by atoms with Gasteiger partial charge in [0.15, 0.2) is 5.65 Å². The summed E-state index contributed by atoms with van der Waals surface area (Å²) >= 11 is 1.42. The zero-order valence-electron chi connectivity index (χ0n) is 25.6. The number of carbonyl (C=O) groups is 1. The first kappa shape index (κ1) is 29.4. The van der Waals surface area contributed by atoms with Crippen LogP contribution in [0.1, 0.15) is 43.1 Å². The monoisotopic (exact) mass is 653 g/mol. The predicted octanol–water partition coefficient (Wildman–Crippen LogP) is 4.47. The Kier molecular flexibility index (Phi) is 6.93. The number of thioether (sulfide) groups is 1. The zero-order valence-corrected chi connectivity index (χ0v) is 26.4. The molecular weight excluding hydrogens is 624 g/mol. The number of piperazine rings is 1. The molecule has 3 aliphatic rings. The van der Waals surface area contributed by atoms with E-state index >= 15 is 8.78 Å². The molecule has 1 saturated carbocycles. The van der Waals surface area contributed by atoms with Crippen LogP contribution in [0.4, 0.5) is 14.6 Å². The molecule has 0 spiro atoms. The SMILES string of the molecule is C=CC(=O)N1CCN(c2nc(=O)n3c4nc(c(F)cc24)-c2cc(ccc2F)SCc2cn(nn2)Cc2cnc(C(C)C)c-3c2)C2CC21. The zero-order chi connectivity index (χ0) is 32.6. The van der Waals surface area contributed by atoms with Gasteiger partial charge in [-0.2, -0.15) is 4.98 Å². The van der Waals surface area contributed by atoms with Gasteiger partial charge in [0.1, 0.15) is 23.1 Å². The van der Waals surface area contributed by atoms with Crippen molar-refractivity contribution >= 4 is 34.5 Å². The third-order valence-electron chi connectivity index (χ3n) is 8.89. The average molecular weight is 654 g/mol. The summed E-state index contributed by atoms with van der Waals surface area (Å²) in [7, 11) is 0. The lowest BCUT2D eigenvalue weighted by Crippen LogP contribution is -2.49. The van der Waals surface area contributed by atoms with Gasteiger partial charge in [0.2, 0.25) is 5.91 Å². The molecule has 2 atom stereocenters. The average Bonchev–Trinajstić information content (AvgIpc) is 3.74. The molecule has 2 fully saturated rings. The Morgan fingerprint density at radius 3 is 2.77 bits per heavy atom. The van der Waals surface area contributed by atoms with Gasteiger partial charge in [0.25, 0.3) is 0 Å². The van der Waals surface area contributed by atoms with E-state index in [2.05, 4.69) is 21.9 Å². The summed E-state index contributed by atoms with van der Waals surface area (Å²) in [6, 6.07) is 7.45. The van der Waals surface area contributed by atoms with Crippen molar-refractivity contribution in [1.82, 2.24) is 39.4 Å². The van der Waals surface area contributed by atoms with E-state index in [1.54, 1.807) is 27.9 Å². The molecule has 2 unspecified atom stereocenters. The van der Waals surface area contributed by atoms with Crippen LogP contribution in [0.2, 0.25) is 0 Å². The Morgan fingerprint density at radius 1 is 1.11 bits per heavy atom. The van der Waals surface area contributed by atoms with Crippen molar-refractivity contribution in [3.05, 3.63) is 94.5 Å². The fourth-order valence-electron chi connectivity index (χ4n) is 6.59. The van der Waals surface area contributed by atoms with Crippen molar-refractivity contribution in [2.75, 3.05) is 18.0 Å². The molecule has 1 amide bonds. The van der Waals surface area contributed by atoms with Crippen molar-refractivity contribution in [3.63, 3.8) is 0 Å². The molecule has 1 saturated heterocycles. The minimum atomic E-state index is -0.750. The summed E-state index contributed by atoms with van der Waals surface area (Å²) in [5.41, 5.74) is 1.78. The maximum Gasteiger partial charge on any atom is 0.355 e. The summed E-state index contributed by atoms with van der Waals surface area (Å²) in [5.74, 6) is -0.900. The van der Waals surface area contributed by atoms with E-state index in [1.165, 1.54) is 34.5 Å². The van der Waals surface area contributed by atoms with E-state index in [-0.39, 0.29) is 46.6 Å². The molecule has 238 valence electrons. The van der Waals surface area contributed by atoms with Crippen molar-refractivity contribution in [1.29, 1.82) is 0 Å². The van der Waals surface area contributed by atoms with E-state index in [0.29, 0.717) is 53.5 Å². The number of anilines is 1. The van der Waals surface area contributed by atoms with Crippen LogP contribution < -0.4 is 10.6 Å². The summed E-state index contributed by atoms with van der Waals surface area (Å²) in [6.07, 6.45) is 5.55. The van der Waals surface area contributed by atoms with E-state index in [0.717, 1.165) is 11.3 Å². The fraction of sp³-hybridized carbons (Fsp3) is 0.303. The molecule has 0 N–H and O–H groups in total. The van der Waals surface area contributed by atoms with Gasteiger partial charge in [-0.05, 0) is 54.3 Å². The summed E-state index contributed by atoms with van der Waals surface area (Å²) in [4.78, 5) is 45.1. The van der Waals surface area contributed by atoms with Gasteiger partial charge in [-0.15, -0.1) is 16.9 Å². The lowest BCUT2D eigenvalue weighted by molar-refractivity contribution is -0.126. The van der Waals surface area contributed by atoms with E-state index < -0.39 is 17.3 Å². The summed E-state index contributed by atoms with van der Waals surface area (Å²) < 4.78 is 34.8. The maximum atomic E-state index is 16.2. The van der Waals surface area contributed by atoms with Crippen molar-refractivity contribution in [2.24, 2.45) is 0 Å². The first-order valence-electron chi connectivity index (χ1n) is 15.3. The van der Waals surface area contributed by atoms with Gasteiger partial charge in [-0.1, -0.05) is 25.6 Å². The normalized spacial score (nSPS) is 18.5. The Labute approximate surface area is 272 Å². The number of nitrogens with zero attached hydrogens (tertiary/aromatic N) is 9. The molecule has 1 aromatic carbocycles. The number of benzene rings is 1. The van der Waals surface area contributed by atoms with Crippen molar-refractivity contribution in [2.45, 2.75) is 55.5 Å². The third kappa shape index (κ3) is 4.98. The van der Waals surface area contributed by atoms with Gasteiger partial charge >= 0.3 is 5.69 Å². The Balaban J connectivity index is 1.40. The standard InChI is InChI=1S/C33H29F2N9O2S/c1-4-28(45)42-7-8-43(26-12-25(26)42)31-22-11-24(35)30-21-10-20(5-6-23(21)34)47-16-19-15-41(40-39-19)14-18-9-27(29(17(2)3)36-13-18)44(32(22)37-30)33(46)38-31/h4-6,9-11,13,15,17,25-26H,1,7-8,12,14,16H2,2-3H3. The number of amides is 1. The van der Waals surface area contributed by atoms with Crippen LogP contribution in [-0.2, 0) is 17.1 Å². The smallest absolute Gasteiger partial charge is 0.349 e. The van der Waals surface area contributed by atoms with Crippen LogP contribution in [0, 0.1) is 11.6 Å². The Bertz CT molecular complexity index is 2180. The minimum Gasteiger partial charge on any atom is -0.349 e. The molecule has 6 heterocycles. The number of fused-ring (bicyclic) bond motifs is 10. The van der Waals surface area contributed by atoms with Crippen LogP contribution in [0.15, 0.2) is 65.1 Å². The van der Waals surface area contributed by atoms with Crippen molar-refractivity contribution in [3.8, 4) is 16.9 Å². The van der Waals surface area contributed by atoms with Crippen molar-refractivity contribution < 1.29 is 13.6 Å². The molecule has 2 aliphatic heterocycles. The highest BCUT2D eigenvalue weighted by molar-refractivity contribution is 7.98. The van der Waals surface area contributed by atoms with E-state index in [9.17, 15) is 9.59 Å². The summed E-state index contributed by atoms with van der Waals surface area (Å²) in [5, 5.41) is 8.85. The van der Waals surface area contributed by atoms with Gasteiger partial charge in [0.05, 0.1) is 41.1 Å². The number of hydrogen-bond donors (Lipinski definition) is 0. The van der Waals surface area contributed by atoms with E-state index in [4.69, 9.17) is 9.97 Å². The second-order valence-electron chi connectivity index (χ2n) is 12.3. The molecule has 1 aliphatic carbocycles.